The number of esters is 1. The van der Waals surface area contributed by atoms with E-state index in [4.69, 9.17) is 16.3 Å². The second-order valence-electron chi connectivity index (χ2n) is 3.92. The smallest absolute Gasteiger partial charge is 0.375 e. The number of nitrogens with zero attached hydrogens (tertiary/aromatic N) is 2. The van der Waals surface area contributed by atoms with Gasteiger partial charge >= 0.3 is 5.97 Å². The van der Waals surface area contributed by atoms with Crippen molar-refractivity contribution in [2.24, 2.45) is 5.10 Å². The maximum atomic E-state index is 11.9. The van der Waals surface area contributed by atoms with Gasteiger partial charge in [0.05, 0.1) is 17.3 Å². The van der Waals surface area contributed by atoms with E-state index < -0.39 is 5.97 Å². The normalized spacial score (nSPS) is 11.1. The van der Waals surface area contributed by atoms with E-state index in [-0.39, 0.29) is 5.84 Å². The Hall–Kier alpha value is -1.75. The van der Waals surface area contributed by atoms with Crippen LogP contribution < -0.4 is 5.43 Å². The van der Waals surface area contributed by atoms with E-state index in [1.165, 1.54) is 0 Å². The minimum atomic E-state index is -0.448. The molecule has 0 aromatic heterocycles. The lowest BCUT2D eigenvalue weighted by molar-refractivity contribution is -0.135. The number of likely N-dealkylation sites (N-methyl/N-ethyl adjacent to an activating group) is 1. The standard InChI is InChI=1S/C14H20ClN3O2/c1-4-18(5-2)13(14(19)20-6-3)17-16-12-10-8-7-9-11(12)15/h7-10,16H,4-6H2,1-3H3. The Morgan fingerprint density at radius 1 is 1.30 bits per heavy atom. The number of rotatable bonds is 5. The van der Waals surface area contributed by atoms with Crippen molar-refractivity contribution in [2.45, 2.75) is 20.8 Å². The zero-order valence-electron chi connectivity index (χ0n) is 12.0. The third-order valence-corrected chi connectivity index (χ3v) is 3.01. The zero-order chi connectivity index (χ0) is 15.0. The van der Waals surface area contributed by atoms with Crippen molar-refractivity contribution in [1.82, 2.24) is 4.90 Å². The first-order chi connectivity index (χ1) is 9.63. The highest BCUT2D eigenvalue weighted by atomic mass is 35.5. The summed E-state index contributed by atoms with van der Waals surface area (Å²) in [5.41, 5.74) is 3.46. The van der Waals surface area contributed by atoms with E-state index >= 15 is 0 Å². The van der Waals surface area contributed by atoms with Gasteiger partial charge in [0.15, 0.2) is 0 Å². The average Bonchev–Trinajstić information content (AvgIpc) is 2.45. The summed E-state index contributed by atoms with van der Waals surface area (Å²) in [6, 6.07) is 7.21. The minimum Gasteiger partial charge on any atom is -0.460 e. The molecule has 1 rings (SSSR count). The lowest BCUT2D eigenvalue weighted by atomic mass is 10.3. The van der Waals surface area contributed by atoms with Crippen molar-refractivity contribution < 1.29 is 9.53 Å². The van der Waals surface area contributed by atoms with E-state index in [2.05, 4.69) is 10.5 Å². The Kier molecular flexibility index (Phi) is 6.87. The number of hydrogen-bond donors (Lipinski definition) is 1. The number of anilines is 1. The molecule has 0 aliphatic rings. The molecular weight excluding hydrogens is 278 g/mol. The number of carbonyl (C=O) groups is 1. The van der Waals surface area contributed by atoms with Gasteiger partial charge in [-0.25, -0.2) is 4.79 Å². The molecule has 1 aromatic carbocycles. The van der Waals surface area contributed by atoms with Crippen LogP contribution in [0.25, 0.3) is 0 Å². The lowest BCUT2D eigenvalue weighted by Crippen LogP contribution is -2.38. The summed E-state index contributed by atoms with van der Waals surface area (Å²) in [4.78, 5) is 13.8. The molecule has 1 aromatic rings. The summed E-state index contributed by atoms with van der Waals surface area (Å²) in [5, 5.41) is 4.69. The highest BCUT2D eigenvalue weighted by molar-refractivity contribution is 6.35. The van der Waals surface area contributed by atoms with Gasteiger partial charge in [-0.15, -0.1) is 5.10 Å². The van der Waals surface area contributed by atoms with Crippen molar-refractivity contribution in [3.05, 3.63) is 29.3 Å². The Labute approximate surface area is 124 Å². The first kappa shape index (κ1) is 16.3. The summed E-state index contributed by atoms with van der Waals surface area (Å²) in [7, 11) is 0. The van der Waals surface area contributed by atoms with Crippen molar-refractivity contribution >= 4 is 29.1 Å². The number of nitrogens with one attached hydrogen (secondary N) is 1. The molecule has 0 atom stereocenters. The fourth-order valence-electron chi connectivity index (χ4n) is 1.63. The first-order valence-corrected chi connectivity index (χ1v) is 7.02. The van der Waals surface area contributed by atoms with Crippen LogP contribution in [-0.2, 0) is 9.53 Å². The largest absolute Gasteiger partial charge is 0.460 e. The molecule has 110 valence electrons. The summed E-state index contributed by atoms with van der Waals surface area (Å²) < 4.78 is 5.02. The van der Waals surface area contributed by atoms with Crippen LogP contribution in [0.15, 0.2) is 29.4 Å². The number of para-hydroxylation sites is 1. The summed E-state index contributed by atoms with van der Waals surface area (Å²) in [6.07, 6.45) is 0. The Morgan fingerprint density at radius 2 is 1.95 bits per heavy atom. The highest BCUT2D eigenvalue weighted by Crippen LogP contribution is 2.20. The molecule has 0 bridgehead atoms. The fourth-order valence-corrected chi connectivity index (χ4v) is 1.81. The van der Waals surface area contributed by atoms with Crippen LogP contribution in [-0.4, -0.2) is 36.4 Å². The summed E-state index contributed by atoms with van der Waals surface area (Å²) in [6.45, 7) is 7.31. The van der Waals surface area contributed by atoms with Gasteiger partial charge in [-0.1, -0.05) is 23.7 Å². The van der Waals surface area contributed by atoms with Gasteiger partial charge in [0.25, 0.3) is 0 Å². The van der Waals surface area contributed by atoms with Gasteiger partial charge in [-0.05, 0) is 32.9 Å². The second kappa shape index (κ2) is 8.43. The predicted molar refractivity (Wildman–Crippen MR) is 82.1 cm³/mol. The van der Waals surface area contributed by atoms with E-state index in [1.54, 1.807) is 19.1 Å². The molecule has 0 unspecified atom stereocenters. The minimum absolute atomic E-state index is 0.247. The van der Waals surface area contributed by atoms with Crippen molar-refractivity contribution in [3.8, 4) is 0 Å². The van der Waals surface area contributed by atoms with Crippen molar-refractivity contribution in [2.75, 3.05) is 25.1 Å². The molecule has 0 aliphatic carbocycles. The SMILES string of the molecule is CCOC(=O)C(=NNc1ccccc1Cl)N(CC)CC. The van der Waals surface area contributed by atoms with Crippen molar-refractivity contribution in [3.63, 3.8) is 0 Å². The van der Waals surface area contributed by atoms with E-state index in [0.29, 0.717) is 30.4 Å². The molecule has 5 nitrogen and oxygen atoms in total. The lowest BCUT2D eigenvalue weighted by Gasteiger charge is -2.21. The fraction of sp³-hybridized carbons (Fsp3) is 0.429. The molecule has 0 amide bonds. The average molecular weight is 298 g/mol. The monoisotopic (exact) mass is 297 g/mol. The van der Waals surface area contributed by atoms with Crippen LogP contribution in [0.3, 0.4) is 0 Å². The number of carbonyl (C=O) groups excluding carboxylic acids is 1. The van der Waals surface area contributed by atoms with E-state index in [9.17, 15) is 4.79 Å². The highest BCUT2D eigenvalue weighted by Gasteiger charge is 2.18. The topological polar surface area (TPSA) is 53.9 Å². The maximum absolute atomic E-state index is 11.9. The molecule has 0 heterocycles. The molecular formula is C14H20ClN3O2. The molecule has 0 fully saturated rings. The number of hydrogen-bond acceptors (Lipinski definition) is 4. The van der Waals surface area contributed by atoms with Crippen LogP contribution in [0.5, 0.6) is 0 Å². The van der Waals surface area contributed by atoms with Crippen LogP contribution in [0.2, 0.25) is 5.02 Å². The Morgan fingerprint density at radius 3 is 2.50 bits per heavy atom. The van der Waals surface area contributed by atoms with Crippen LogP contribution in [0, 0.1) is 0 Å². The first-order valence-electron chi connectivity index (χ1n) is 6.64. The van der Waals surface area contributed by atoms with Gasteiger partial charge in [-0.2, -0.15) is 0 Å². The quantitative estimate of drug-likeness (QED) is 0.393. The predicted octanol–water partition coefficient (Wildman–Crippen LogP) is 2.97. The third kappa shape index (κ3) is 4.42. The van der Waals surface area contributed by atoms with Crippen LogP contribution in [0.4, 0.5) is 5.69 Å². The van der Waals surface area contributed by atoms with Crippen LogP contribution in [0.1, 0.15) is 20.8 Å². The summed E-state index contributed by atoms with van der Waals surface area (Å²) >= 11 is 6.03. The molecule has 0 spiro atoms. The van der Waals surface area contributed by atoms with E-state index in [0.717, 1.165) is 0 Å². The molecule has 0 saturated heterocycles. The molecule has 6 heteroatoms. The molecule has 20 heavy (non-hydrogen) atoms. The van der Waals surface area contributed by atoms with Gasteiger partial charge < -0.3 is 9.64 Å². The number of halogens is 1. The molecule has 0 saturated carbocycles. The number of hydrazone groups is 1. The van der Waals surface area contributed by atoms with Gasteiger partial charge in [0.2, 0.25) is 5.84 Å². The third-order valence-electron chi connectivity index (χ3n) is 2.68. The number of amidine groups is 1. The number of benzene rings is 1. The molecule has 0 aliphatic heterocycles. The zero-order valence-corrected chi connectivity index (χ0v) is 12.8. The van der Waals surface area contributed by atoms with Gasteiger partial charge in [-0.3, -0.25) is 5.43 Å². The van der Waals surface area contributed by atoms with Gasteiger partial charge in [0.1, 0.15) is 0 Å². The molecule has 0 radical (unpaired) electrons. The second-order valence-corrected chi connectivity index (χ2v) is 4.33. The summed E-state index contributed by atoms with van der Waals surface area (Å²) in [5.74, 6) is -0.201. The van der Waals surface area contributed by atoms with Crippen LogP contribution >= 0.6 is 11.6 Å². The van der Waals surface area contributed by atoms with Gasteiger partial charge in [0, 0.05) is 13.1 Å². The Balaban J connectivity index is 2.95. The molecule has 1 N–H and O–H groups in total. The van der Waals surface area contributed by atoms with Crippen molar-refractivity contribution in [1.29, 1.82) is 0 Å². The van der Waals surface area contributed by atoms with E-state index in [1.807, 2.05) is 30.9 Å². The number of ether oxygens (including phenoxy) is 1. The Bertz CT molecular complexity index is 473. The maximum Gasteiger partial charge on any atom is 0.375 e.